The molecule has 2 aromatic carbocycles. The summed E-state index contributed by atoms with van der Waals surface area (Å²) in [5.74, 6) is 0.919. The molecule has 0 aromatic heterocycles. The molecule has 2 fully saturated rings. The second-order valence-electron chi connectivity index (χ2n) is 6.99. The molecule has 152 valence electrons. The lowest BCUT2D eigenvalue weighted by Gasteiger charge is -2.29. The average Bonchev–Trinajstić information content (AvgIpc) is 2.94. The van der Waals surface area contributed by atoms with Crippen LogP contribution in [0, 0.1) is 0 Å². The Morgan fingerprint density at radius 3 is 2.68 bits per heavy atom. The molecule has 1 amide bonds. The largest absolute Gasteiger partial charge is 0.497 e. The number of fused-ring (bicyclic) bond motifs is 2. The topological polar surface area (TPSA) is 53.6 Å². The predicted octanol–water partition coefficient (Wildman–Crippen LogP) is 4.25. The van der Waals surface area contributed by atoms with Crippen LogP contribution in [0.3, 0.4) is 0 Å². The van der Waals surface area contributed by atoms with Crippen molar-refractivity contribution in [2.75, 3.05) is 25.5 Å². The summed E-state index contributed by atoms with van der Waals surface area (Å²) in [5.41, 5.74) is 2.47. The summed E-state index contributed by atoms with van der Waals surface area (Å²) in [5, 5.41) is 6.85. The first kappa shape index (κ1) is 22.3. The van der Waals surface area contributed by atoms with Crippen molar-refractivity contribution in [1.29, 1.82) is 0 Å². The number of rotatable bonds is 4. The smallest absolute Gasteiger partial charge is 0.256 e. The van der Waals surface area contributed by atoms with E-state index in [1.165, 1.54) is 0 Å². The highest BCUT2D eigenvalue weighted by Crippen LogP contribution is 2.32. The fourth-order valence-corrected chi connectivity index (χ4v) is 4.09. The number of halogens is 2. The van der Waals surface area contributed by atoms with Gasteiger partial charge in [-0.3, -0.25) is 4.79 Å². The van der Waals surface area contributed by atoms with E-state index < -0.39 is 0 Å². The van der Waals surface area contributed by atoms with Crippen molar-refractivity contribution in [2.45, 2.75) is 31.3 Å². The van der Waals surface area contributed by atoms with E-state index in [2.05, 4.69) is 15.5 Å². The van der Waals surface area contributed by atoms with Crippen molar-refractivity contribution >= 4 is 42.1 Å². The Balaban J connectivity index is 0.00000140. The van der Waals surface area contributed by atoms with Crippen LogP contribution in [0.5, 0.6) is 5.75 Å². The third-order valence-corrected chi connectivity index (χ3v) is 5.39. The van der Waals surface area contributed by atoms with Gasteiger partial charge in [0.2, 0.25) is 0 Å². The van der Waals surface area contributed by atoms with Crippen molar-refractivity contribution in [1.82, 2.24) is 10.2 Å². The number of amides is 1. The van der Waals surface area contributed by atoms with E-state index in [0.717, 1.165) is 55.0 Å². The first-order valence-corrected chi connectivity index (χ1v) is 9.30. The Kier molecular flexibility index (Phi) is 7.98. The minimum atomic E-state index is 0. The molecule has 2 aliphatic heterocycles. The lowest BCUT2D eigenvalue weighted by Crippen LogP contribution is -2.42. The Morgan fingerprint density at radius 2 is 1.86 bits per heavy atom. The number of hydrogen-bond acceptors (Lipinski definition) is 4. The second-order valence-corrected chi connectivity index (χ2v) is 6.99. The molecule has 5 nitrogen and oxygen atoms in total. The van der Waals surface area contributed by atoms with E-state index in [1.54, 1.807) is 7.11 Å². The third-order valence-electron chi connectivity index (χ3n) is 5.39. The number of hydrogen-bond donors (Lipinski definition) is 2. The second kappa shape index (κ2) is 10.0. The third kappa shape index (κ3) is 4.54. The van der Waals surface area contributed by atoms with Crippen LogP contribution >= 0.6 is 24.8 Å². The maximum absolute atomic E-state index is 13.4. The fourth-order valence-electron chi connectivity index (χ4n) is 4.09. The predicted molar refractivity (Wildman–Crippen MR) is 118 cm³/mol. The Hall–Kier alpha value is -1.95. The molecule has 7 heteroatoms. The van der Waals surface area contributed by atoms with Crippen molar-refractivity contribution in [3.05, 3.63) is 54.1 Å². The average molecular weight is 424 g/mol. The van der Waals surface area contributed by atoms with Gasteiger partial charge in [-0.2, -0.15) is 0 Å². The van der Waals surface area contributed by atoms with Gasteiger partial charge in [0.05, 0.1) is 18.4 Å². The van der Waals surface area contributed by atoms with Gasteiger partial charge in [-0.15, -0.1) is 24.8 Å². The summed E-state index contributed by atoms with van der Waals surface area (Å²) in [6, 6.07) is 16.2. The lowest BCUT2D eigenvalue weighted by molar-refractivity contribution is 0.0681. The van der Waals surface area contributed by atoms with Crippen molar-refractivity contribution < 1.29 is 9.53 Å². The highest BCUT2D eigenvalue weighted by atomic mass is 35.5. The van der Waals surface area contributed by atoms with Gasteiger partial charge in [0.1, 0.15) is 5.75 Å². The molecule has 2 saturated heterocycles. The Morgan fingerprint density at radius 1 is 1.07 bits per heavy atom. The maximum Gasteiger partial charge on any atom is 0.256 e. The van der Waals surface area contributed by atoms with Gasteiger partial charge in [-0.1, -0.05) is 18.2 Å². The zero-order valence-corrected chi connectivity index (χ0v) is 17.5. The van der Waals surface area contributed by atoms with Gasteiger partial charge in [0.15, 0.2) is 0 Å². The van der Waals surface area contributed by atoms with E-state index in [1.807, 2.05) is 48.5 Å². The summed E-state index contributed by atoms with van der Waals surface area (Å²) >= 11 is 0. The molecule has 2 atom stereocenters. The molecule has 0 aliphatic carbocycles. The zero-order valence-electron chi connectivity index (χ0n) is 15.9. The summed E-state index contributed by atoms with van der Waals surface area (Å²) in [6.07, 6.45) is 3.24. The number of ether oxygens (including phenoxy) is 1. The van der Waals surface area contributed by atoms with Gasteiger partial charge in [0, 0.05) is 30.4 Å². The van der Waals surface area contributed by atoms with E-state index in [-0.39, 0.29) is 30.7 Å². The number of carbonyl (C=O) groups excluding carboxylic acids is 1. The minimum Gasteiger partial charge on any atom is -0.497 e. The van der Waals surface area contributed by atoms with Crippen LogP contribution in [0.25, 0.3) is 0 Å². The number of nitrogens with one attached hydrogen (secondary N) is 2. The van der Waals surface area contributed by atoms with Gasteiger partial charge < -0.3 is 20.3 Å². The van der Waals surface area contributed by atoms with Crippen LogP contribution < -0.4 is 15.4 Å². The lowest BCUT2D eigenvalue weighted by atomic mass is 10.1. The molecule has 2 aliphatic rings. The number of methoxy groups -OCH3 is 1. The normalized spacial score (nSPS) is 20.4. The molecule has 2 N–H and O–H groups in total. The standard InChI is InChI=1S/C21H25N3O2.2ClH/c1-26-18-6-4-5-15(13-18)23-20-8-3-2-7-19(20)21(25)24-16-9-10-17(24)14-22-12-11-16;;/h2-8,13,16-17,22-23H,9-12,14H2,1H3;2*1H. The Bertz CT molecular complexity index is 789. The maximum atomic E-state index is 13.4. The molecule has 2 aromatic rings. The van der Waals surface area contributed by atoms with E-state index in [4.69, 9.17) is 4.74 Å². The quantitative estimate of drug-likeness (QED) is 0.771. The minimum absolute atomic E-state index is 0. The van der Waals surface area contributed by atoms with Gasteiger partial charge in [0.25, 0.3) is 5.91 Å². The monoisotopic (exact) mass is 423 g/mol. The number of para-hydroxylation sites is 1. The number of anilines is 2. The molecule has 28 heavy (non-hydrogen) atoms. The fraction of sp³-hybridized carbons (Fsp3) is 0.381. The molecule has 0 radical (unpaired) electrons. The van der Waals surface area contributed by atoms with Gasteiger partial charge in [-0.25, -0.2) is 0 Å². The zero-order chi connectivity index (χ0) is 17.9. The number of benzene rings is 2. The molecule has 4 rings (SSSR count). The first-order chi connectivity index (χ1) is 12.8. The molecule has 0 saturated carbocycles. The van der Waals surface area contributed by atoms with Crippen molar-refractivity contribution in [3.63, 3.8) is 0 Å². The highest BCUT2D eigenvalue weighted by Gasteiger charge is 2.38. The van der Waals surface area contributed by atoms with E-state index in [9.17, 15) is 4.79 Å². The van der Waals surface area contributed by atoms with Gasteiger partial charge in [-0.05, 0) is 50.1 Å². The van der Waals surface area contributed by atoms with Crippen LogP contribution in [-0.4, -0.2) is 43.1 Å². The van der Waals surface area contributed by atoms with Crippen LogP contribution in [-0.2, 0) is 0 Å². The van der Waals surface area contributed by atoms with Crippen LogP contribution in [0.2, 0.25) is 0 Å². The molecule has 2 heterocycles. The van der Waals surface area contributed by atoms with Crippen molar-refractivity contribution in [2.24, 2.45) is 0 Å². The SMILES string of the molecule is COc1cccc(Nc2ccccc2C(=O)N2C3CCNCC2CC3)c1.Cl.Cl. The van der Waals surface area contributed by atoms with Crippen LogP contribution in [0.15, 0.2) is 48.5 Å². The molecule has 0 spiro atoms. The number of nitrogens with zero attached hydrogens (tertiary/aromatic N) is 1. The summed E-state index contributed by atoms with van der Waals surface area (Å²) in [4.78, 5) is 15.5. The van der Waals surface area contributed by atoms with E-state index in [0.29, 0.717) is 12.1 Å². The summed E-state index contributed by atoms with van der Waals surface area (Å²) < 4.78 is 5.29. The Labute approximate surface area is 178 Å². The van der Waals surface area contributed by atoms with Crippen molar-refractivity contribution in [3.8, 4) is 5.75 Å². The van der Waals surface area contributed by atoms with Crippen LogP contribution in [0.4, 0.5) is 11.4 Å². The molecule has 2 unspecified atom stereocenters. The number of carbonyl (C=O) groups is 1. The highest BCUT2D eigenvalue weighted by molar-refractivity contribution is 6.00. The van der Waals surface area contributed by atoms with E-state index >= 15 is 0 Å². The first-order valence-electron chi connectivity index (χ1n) is 9.30. The molecular formula is C21H27Cl2N3O2. The summed E-state index contributed by atoms with van der Waals surface area (Å²) in [6.45, 7) is 1.89. The van der Waals surface area contributed by atoms with Gasteiger partial charge >= 0.3 is 0 Å². The van der Waals surface area contributed by atoms with Crippen LogP contribution in [0.1, 0.15) is 29.6 Å². The molecular weight excluding hydrogens is 397 g/mol. The summed E-state index contributed by atoms with van der Waals surface area (Å²) in [7, 11) is 1.65. The molecule has 2 bridgehead atoms.